The van der Waals surface area contributed by atoms with Gasteiger partial charge in [-0.3, -0.25) is 10.1 Å². The summed E-state index contributed by atoms with van der Waals surface area (Å²) in [4.78, 5) is 37.4. The number of aromatic nitrogens is 1. The van der Waals surface area contributed by atoms with Gasteiger partial charge in [-0.25, -0.2) is 14.6 Å². The molecule has 0 radical (unpaired) electrons. The number of imide groups is 1. The normalized spacial score (nSPS) is 10.8. The average Bonchev–Trinajstić information content (AvgIpc) is 2.44. The number of nitrogens with zero attached hydrogens (tertiary/aromatic N) is 1. The molecular weight excluding hydrogens is 366 g/mol. The molecule has 12 heteroatoms. The van der Waals surface area contributed by atoms with Gasteiger partial charge in [-0.1, -0.05) is 23.2 Å². The SMILES string of the molecule is O=C(COC(=O)c1nc(Cl)ccc1Cl)NC(=O)NCC(F)(F)F. The molecule has 0 saturated heterocycles. The first-order chi connectivity index (χ1) is 10.6. The van der Waals surface area contributed by atoms with Gasteiger partial charge in [0.2, 0.25) is 0 Å². The number of halogens is 5. The Hall–Kier alpha value is -2.07. The molecule has 0 unspecified atom stereocenters. The van der Waals surface area contributed by atoms with Crippen LogP contribution in [0.4, 0.5) is 18.0 Å². The Balaban J connectivity index is 2.45. The van der Waals surface area contributed by atoms with Gasteiger partial charge in [-0.05, 0) is 12.1 Å². The summed E-state index contributed by atoms with van der Waals surface area (Å²) in [6.45, 7) is -2.54. The molecule has 7 nitrogen and oxygen atoms in total. The second kappa shape index (κ2) is 7.97. The Labute approximate surface area is 137 Å². The molecule has 0 atom stereocenters. The maximum Gasteiger partial charge on any atom is 0.405 e. The molecule has 1 aromatic heterocycles. The highest BCUT2D eigenvalue weighted by molar-refractivity contribution is 6.34. The van der Waals surface area contributed by atoms with Gasteiger partial charge in [0.15, 0.2) is 12.3 Å². The van der Waals surface area contributed by atoms with Crippen LogP contribution in [0.2, 0.25) is 10.2 Å². The minimum atomic E-state index is -4.62. The summed E-state index contributed by atoms with van der Waals surface area (Å²) in [5.74, 6) is -2.24. The lowest BCUT2D eigenvalue weighted by atomic mass is 10.3. The number of alkyl halides is 3. The van der Waals surface area contributed by atoms with E-state index in [1.807, 2.05) is 0 Å². The second-order valence-electron chi connectivity index (χ2n) is 3.89. The van der Waals surface area contributed by atoms with Crippen molar-refractivity contribution in [3.05, 3.63) is 28.0 Å². The van der Waals surface area contributed by atoms with Gasteiger partial charge in [0.05, 0.1) is 5.02 Å². The van der Waals surface area contributed by atoms with Gasteiger partial charge in [0, 0.05) is 0 Å². The van der Waals surface area contributed by atoms with Crippen molar-refractivity contribution in [2.75, 3.05) is 13.2 Å². The number of esters is 1. The van der Waals surface area contributed by atoms with Crippen molar-refractivity contribution >= 4 is 41.1 Å². The molecule has 1 heterocycles. The second-order valence-corrected chi connectivity index (χ2v) is 4.68. The summed E-state index contributed by atoms with van der Waals surface area (Å²) >= 11 is 11.2. The summed E-state index contributed by atoms with van der Waals surface area (Å²) in [6.07, 6.45) is -4.62. The Morgan fingerprint density at radius 1 is 1.22 bits per heavy atom. The number of carbonyl (C=O) groups is 3. The monoisotopic (exact) mass is 373 g/mol. The average molecular weight is 374 g/mol. The van der Waals surface area contributed by atoms with Crippen molar-refractivity contribution in [3.8, 4) is 0 Å². The lowest BCUT2D eigenvalue weighted by molar-refractivity contribution is -0.125. The molecular formula is C11H8Cl2F3N3O4. The Bertz CT molecular complexity index is 625. The minimum absolute atomic E-state index is 0.0441. The van der Waals surface area contributed by atoms with Crippen LogP contribution in [0.3, 0.4) is 0 Å². The van der Waals surface area contributed by atoms with Gasteiger partial charge < -0.3 is 10.1 Å². The fourth-order valence-corrected chi connectivity index (χ4v) is 1.48. The number of carbonyl (C=O) groups excluding carboxylic acids is 3. The van der Waals surface area contributed by atoms with E-state index in [-0.39, 0.29) is 15.9 Å². The molecule has 126 valence electrons. The third-order valence-electron chi connectivity index (χ3n) is 2.04. The Kier molecular flexibility index (Phi) is 6.58. The van der Waals surface area contributed by atoms with Crippen LogP contribution in [-0.4, -0.2) is 42.2 Å². The summed E-state index contributed by atoms with van der Waals surface area (Å²) in [7, 11) is 0. The highest BCUT2D eigenvalue weighted by Crippen LogP contribution is 2.17. The van der Waals surface area contributed by atoms with E-state index in [0.29, 0.717) is 0 Å². The summed E-state index contributed by atoms with van der Waals surface area (Å²) in [5.41, 5.74) is -0.353. The van der Waals surface area contributed by atoms with Gasteiger partial charge in [0.1, 0.15) is 11.7 Å². The number of urea groups is 1. The Morgan fingerprint density at radius 3 is 2.48 bits per heavy atom. The highest BCUT2D eigenvalue weighted by Gasteiger charge is 2.28. The van der Waals surface area contributed by atoms with Gasteiger partial charge in [-0.15, -0.1) is 0 Å². The number of rotatable bonds is 4. The van der Waals surface area contributed by atoms with Crippen LogP contribution in [-0.2, 0) is 9.53 Å². The summed E-state index contributed by atoms with van der Waals surface area (Å²) in [5, 5.41) is 2.82. The molecule has 0 aliphatic carbocycles. The third-order valence-corrected chi connectivity index (χ3v) is 2.56. The highest BCUT2D eigenvalue weighted by atomic mass is 35.5. The van der Waals surface area contributed by atoms with E-state index >= 15 is 0 Å². The van der Waals surface area contributed by atoms with Crippen LogP contribution < -0.4 is 10.6 Å². The first-order valence-corrected chi connectivity index (χ1v) is 6.47. The predicted molar refractivity (Wildman–Crippen MR) is 72.1 cm³/mol. The van der Waals surface area contributed by atoms with E-state index in [9.17, 15) is 27.6 Å². The molecule has 3 amide bonds. The van der Waals surface area contributed by atoms with E-state index in [2.05, 4.69) is 9.72 Å². The van der Waals surface area contributed by atoms with E-state index in [1.165, 1.54) is 22.8 Å². The molecule has 0 aromatic carbocycles. The number of pyridine rings is 1. The largest absolute Gasteiger partial charge is 0.451 e. The van der Waals surface area contributed by atoms with E-state index in [1.54, 1.807) is 0 Å². The lowest BCUT2D eigenvalue weighted by Crippen LogP contribution is -2.44. The Morgan fingerprint density at radius 2 is 1.87 bits per heavy atom. The van der Waals surface area contributed by atoms with Crippen molar-refractivity contribution in [3.63, 3.8) is 0 Å². The number of hydrogen-bond donors (Lipinski definition) is 2. The van der Waals surface area contributed by atoms with Crippen molar-refractivity contribution in [1.82, 2.24) is 15.6 Å². The van der Waals surface area contributed by atoms with E-state index in [4.69, 9.17) is 23.2 Å². The molecule has 0 saturated carbocycles. The summed E-state index contributed by atoms with van der Waals surface area (Å²) in [6, 6.07) is 1.21. The van der Waals surface area contributed by atoms with Crippen molar-refractivity contribution < 1.29 is 32.3 Å². The molecule has 0 aliphatic heterocycles. The molecule has 23 heavy (non-hydrogen) atoms. The van der Waals surface area contributed by atoms with Crippen molar-refractivity contribution in [1.29, 1.82) is 0 Å². The first-order valence-electron chi connectivity index (χ1n) is 5.72. The number of amides is 3. The molecule has 0 aliphatic rings. The van der Waals surface area contributed by atoms with Crippen LogP contribution in [0.15, 0.2) is 12.1 Å². The van der Waals surface area contributed by atoms with Crippen molar-refractivity contribution in [2.24, 2.45) is 0 Å². The van der Waals surface area contributed by atoms with Gasteiger partial charge >= 0.3 is 18.2 Å². The molecule has 1 aromatic rings. The van der Waals surface area contributed by atoms with Crippen LogP contribution >= 0.6 is 23.2 Å². The zero-order chi connectivity index (χ0) is 17.6. The van der Waals surface area contributed by atoms with Crippen LogP contribution in [0.1, 0.15) is 10.5 Å². The third kappa shape index (κ3) is 7.15. The standard InChI is InChI=1S/C11H8Cl2F3N3O4/c12-5-1-2-6(13)18-8(5)9(21)23-3-7(20)19-10(22)17-4-11(14,15)16/h1-2H,3-4H2,(H2,17,19,20,22). The number of hydrogen-bond acceptors (Lipinski definition) is 5. The lowest BCUT2D eigenvalue weighted by Gasteiger charge is -2.09. The molecule has 0 bridgehead atoms. The fraction of sp³-hybridized carbons (Fsp3) is 0.273. The van der Waals surface area contributed by atoms with Crippen LogP contribution in [0, 0.1) is 0 Å². The van der Waals surface area contributed by atoms with E-state index in [0.717, 1.165) is 0 Å². The maximum absolute atomic E-state index is 11.8. The fourth-order valence-electron chi connectivity index (χ4n) is 1.15. The maximum atomic E-state index is 11.8. The van der Waals surface area contributed by atoms with E-state index < -0.39 is 37.2 Å². The molecule has 0 fully saturated rings. The smallest absolute Gasteiger partial charge is 0.405 e. The quantitative estimate of drug-likeness (QED) is 0.620. The molecule has 1 rings (SSSR count). The zero-order valence-electron chi connectivity index (χ0n) is 11.0. The van der Waals surface area contributed by atoms with Gasteiger partial charge in [0.25, 0.3) is 5.91 Å². The number of ether oxygens (including phenoxy) is 1. The number of nitrogens with one attached hydrogen (secondary N) is 2. The molecule has 0 spiro atoms. The van der Waals surface area contributed by atoms with Crippen molar-refractivity contribution in [2.45, 2.75) is 6.18 Å². The van der Waals surface area contributed by atoms with Crippen LogP contribution in [0.5, 0.6) is 0 Å². The zero-order valence-corrected chi connectivity index (χ0v) is 12.6. The minimum Gasteiger partial charge on any atom is -0.451 e. The summed E-state index contributed by atoms with van der Waals surface area (Å²) < 4.78 is 40.0. The topological polar surface area (TPSA) is 97.4 Å². The predicted octanol–water partition coefficient (Wildman–Crippen LogP) is 1.93. The molecule has 2 N–H and O–H groups in total. The van der Waals surface area contributed by atoms with Gasteiger partial charge in [-0.2, -0.15) is 13.2 Å². The van der Waals surface area contributed by atoms with Crippen LogP contribution in [0.25, 0.3) is 0 Å². The first kappa shape index (κ1) is 19.0.